The van der Waals surface area contributed by atoms with E-state index < -0.39 is 5.97 Å². The Hall–Kier alpha value is -2.42. The Bertz CT molecular complexity index is 860. The molecule has 2 aromatic carbocycles. The molecule has 0 aliphatic carbocycles. The van der Waals surface area contributed by atoms with Crippen molar-refractivity contribution in [1.82, 2.24) is 4.98 Å². The molecule has 106 valence electrons. The molecule has 0 bridgehead atoms. The van der Waals surface area contributed by atoms with Crippen molar-refractivity contribution in [3.05, 3.63) is 53.6 Å². The molecule has 0 unspecified atom stereocenters. The normalized spacial score (nSPS) is 12.0. The molecule has 3 nitrogen and oxygen atoms in total. The van der Waals surface area contributed by atoms with Crippen LogP contribution in [0.25, 0.3) is 21.8 Å². The van der Waals surface area contributed by atoms with Crippen LogP contribution in [0, 0.1) is 0 Å². The Morgan fingerprint density at radius 2 is 1.81 bits per heavy atom. The average Bonchev–Trinajstić information content (AvgIpc) is 2.42. The van der Waals surface area contributed by atoms with Crippen molar-refractivity contribution in [3.63, 3.8) is 0 Å². The van der Waals surface area contributed by atoms with Crippen molar-refractivity contribution in [3.8, 4) is 0 Å². The van der Waals surface area contributed by atoms with E-state index >= 15 is 0 Å². The minimum atomic E-state index is -0.923. The van der Waals surface area contributed by atoms with Crippen molar-refractivity contribution in [1.29, 1.82) is 0 Å². The molecule has 0 atom stereocenters. The summed E-state index contributed by atoms with van der Waals surface area (Å²) in [5.74, 6) is -0.923. The third-order valence-electron chi connectivity index (χ3n) is 3.75. The van der Waals surface area contributed by atoms with Gasteiger partial charge in [-0.2, -0.15) is 0 Å². The van der Waals surface area contributed by atoms with Gasteiger partial charge in [-0.1, -0.05) is 39.0 Å². The third-order valence-corrected chi connectivity index (χ3v) is 3.75. The maximum atomic E-state index is 11.3. The van der Waals surface area contributed by atoms with Gasteiger partial charge in [-0.15, -0.1) is 0 Å². The number of carboxylic acid groups (broad SMARTS) is 1. The summed E-state index contributed by atoms with van der Waals surface area (Å²) in [6.45, 7) is 6.49. The van der Waals surface area contributed by atoms with E-state index in [0.29, 0.717) is 16.5 Å². The van der Waals surface area contributed by atoms with E-state index in [2.05, 4.69) is 37.9 Å². The Morgan fingerprint density at radius 3 is 2.48 bits per heavy atom. The lowest BCUT2D eigenvalue weighted by molar-refractivity contribution is 0.0699. The highest BCUT2D eigenvalue weighted by molar-refractivity contribution is 6.05. The average molecular weight is 279 g/mol. The van der Waals surface area contributed by atoms with Crippen molar-refractivity contribution in [2.75, 3.05) is 0 Å². The fourth-order valence-electron chi connectivity index (χ4n) is 2.50. The quantitative estimate of drug-likeness (QED) is 0.672. The van der Waals surface area contributed by atoms with Crippen LogP contribution >= 0.6 is 0 Å². The van der Waals surface area contributed by atoms with E-state index in [1.54, 1.807) is 12.1 Å². The van der Waals surface area contributed by atoms with Crippen LogP contribution in [0.1, 0.15) is 36.7 Å². The van der Waals surface area contributed by atoms with E-state index in [-0.39, 0.29) is 5.41 Å². The monoisotopic (exact) mass is 279 g/mol. The molecule has 0 fully saturated rings. The van der Waals surface area contributed by atoms with Gasteiger partial charge in [0.25, 0.3) is 0 Å². The summed E-state index contributed by atoms with van der Waals surface area (Å²) in [5.41, 5.74) is 3.19. The largest absolute Gasteiger partial charge is 0.478 e. The highest BCUT2D eigenvalue weighted by Gasteiger charge is 2.15. The number of pyridine rings is 1. The Kier molecular flexibility index (Phi) is 2.94. The number of hydrogen-bond donors (Lipinski definition) is 1. The molecule has 3 aromatic rings. The SMILES string of the molecule is CC(C)(C)c1ccc2cc3c(C(=O)O)cccc3nc2c1. The topological polar surface area (TPSA) is 50.2 Å². The van der Waals surface area contributed by atoms with Crippen LogP contribution in [0.2, 0.25) is 0 Å². The smallest absolute Gasteiger partial charge is 0.336 e. The van der Waals surface area contributed by atoms with Crippen molar-refractivity contribution >= 4 is 27.8 Å². The van der Waals surface area contributed by atoms with Gasteiger partial charge >= 0.3 is 5.97 Å². The van der Waals surface area contributed by atoms with E-state index in [0.717, 1.165) is 10.9 Å². The van der Waals surface area contributed by atoms with E-state index in [1.807, 2.05) is 18.2 Å². The van der Waals surface area contributed by atoms with Gasteiger partial charge in [0.1, 0.15) is 0 Å². The lowest BCUT2D eigenvalue weighted by atomic mass is 9.86. The molecule has 0 aliphatic heterocycles. The number of aromatic carboxylic acids is 1. The minimum Gasteiger partial charge on any atom is -0.478 e. The van der Waals surface area contributed by atoms with Crippen molar-refractivity contribution in [2.24, 2.45) is 0 Å². The molecule has 0 radical (unpaired) electrons. The summed E-state index contributed by atoms with van der Waals surface area (Å²) < 4.78 is 0. The Morgan fingerprint density at radius 1 is 1.05 bits per heavy atom. The molecule has 0 saturated heterocycles. The zero-order valence-electron chi connectivity index (χ0n) is 12.3. The second-order valence-electron chi connectivity index (χ2n) is 6.32. The first-order valence-electron chi connectivity index (χ1n) is 6.93. The summed E-state index contributed by atoms with van der Waals surface area (Å²) in [6, 6.07) is 13.3. The number of fused-ring (bicyclic) bond motifs is 2. The molecule has 21 heavy (non-hydrogen) atoms. The first-order valence-corrected chi connectivity index (χ1v) is 6.93. The predicted molar refractivity (Wildman–Crippen MR) is 84.9 cm³/mol. The molecule has 0 spiro atoms. The number of carboxylic acids is 1. The summed E-state index contributed by atoms with van der Waals surface area (Å²) >= 11 is 0. The number of aromatic nitrogens is 1. The highest BCUT2D eigenvalue weighted by atomic mass is 16.4. The first-order chi connectivity index (χ1) is 9.86. The van der Waals surface area contributed by atoms with Crippen LogP contribution in [0.4, 0.5) is 0 Å². The molecule has 1 aromatic heterocycles. The molecule has 1 heterocycles. The first kappa shape index (κ1) is 13.6. The standard InChI is InChI=1S/C18H17NO2/c1-18(2,3)12-8-7-11-9-14-13(17(20)21)5-4-6-15(14)19-16(11)10-12/h4-10H,1-3H3,(H,20,21). The highest BCUT2D eigenvalue weighted by Crippen LogP contribution is 2.28. The zero-order chi connectivity index (χ0) is 15.2. The number of carbonyl (C=O) groups is 1. The molecular weight excluding hydrogens is 262 g/mol. The number of nitrogens with zero attached hydrogens (tertiary/aromatic N) is 1. The van der Waals surface area contributed by atoms with E-state index in [9.17, 15) is 9.90 Å². The number of rotatable bonds is 1. The van der Waals surface area contributed by atoms with Gasteiger partial charge in [0, 0.05) is 10.8 Å². The van der Waals surface area contributed by atoms with Crippen molar-refractivity contribution < 1.29 is 9.90 Å². The van der Waals surface area contributed by atoms with Crippen molar-refractivity contribution in [2.45, 2.75) is 26.2 Å². The van der Waals surface area contributed by atoms with Gasteiger partial charge in [0.2, 0.25) is 0 Å². The fourth-order valence-corrected chi connectivity index (χ4v) is 2.50. The summed E-state index contributed by atoms with van der Waals surface area (Å²) in [6.07, 6.45) is 0. The maximum Gasteiger partial charge on any atom is 0.336 e. The molecule has 0 aliphatic rings. The summed E-state index contributed by atoms with van der Waals surface area (Å²) in [7, 11) is 0. The lowest BCUT2D eigenvalue weighted by Gasteiger charge is -2.19. The van der Waals surface area contributed by atoms with Crippen LogP contribution in [-0.4, -0.2) is 16.1 Å². The Balaban J connectivity index is 2.32. The van der Waals surface area contributed by atoms with Crippen LogP contribution in [0.15, 0.2) is 42.5 Å². The van der Waals surface area contributed by atoms with Gasteiger partial charge in [0.05, 0.1) is 16.6 Å². The van der Waals surface area contributed by atoms with Gasteiger partial charge in [-0.3, -0.25) is 0 Å². The lowest BCUT2D eigenvalue weighted by Crippen LogP contribution is -2.10. The molecule has 1 N–H and O–H groups in total. The molecule has 0 saturated carbocycles. The minimum absolute atomic E-state index is 0.0632. The second kappa shape index (κ2) is 4.55. The summed E-state index contributed by atoms with van der Waals surface area (Å²) in [4.78, 5) is 15.9. The van der Waals surface area contributed by atoms with Crippen LogP contribution < -0.4 is 0 Å². The van der Waals surface area contributed by atoms with E-state index in [4.69, 9.17) is 0 Å². The van der Waals surface area contributed by atoms with Gasteiger partial charge in [-0.25, -0.2) is 9.78 Å². The van der Waals surface area contributed by atoms with Gasteiger partial charge < -0.3 is 5.11 Å². The van der Waals surface area contributed by atoms with Crippen LogP contribution in [0.5, 0.6) is 0 Å². The third kappa shape index (κ3) is 2.35. The predicted octanol–water partition coefficient (Wildman–Crippen LogP) is 4.38. The zero-order valence-corrected chi connectivity index (χ0v) is 12.3. The van der Waals surface area contributed by atoms with Gasteiger partial charge in [0.15, 0.2) is 0 Å². The fraction of sp³-hybridized carbons (Fsp3) is 0.222. The number of benzene rings is 2. The second-order valence-corrected chi connectivity index (χ2v) is 6.32. The molecular formula is C18H17NO2. The number of hydrogen-bond acceptors (Lipinski definition) is 2. The maximum absolute atomic E-state index is 11.3. The van der Waals surface area contributed by atoms with Crippen LogP contribution in [0.3, 0.4) is 0 Å². The van der Waals surface area contributed by atoms with Gasteiger partial charge in [-0.05, 0) is 35.2 Å². The Labute approximate surface area is 123 Å². The van der Waals surface area contributed by atoms with Crippen LogP contribution in [-0.2, 0) is 5.41 Å². The molecule has 3 rings (SSSR count). The van der Waals surface area contributed by atoms with E-state index in [1.165, 1.54) is 5.56 Å². The molecule has 3 heteroatoms. The summed E-state index contributed by atoms with van der Waals surface area (Å²) in [5, 5.41) is 10.9. The molecule has 0 amide bonds.